The van der Waals surface area contributed by atoms with E-state index in [0.717, 1.165) is 5.39 Å². The van der Waals surface area contributed by atoms with Crippen LogP contribution in [0.2, 0.25) is 0 Å². The van der Waals surface area contributed by atoms with Gasteiger partial charge >= 0.3 is 11.9 Å². The highest BCUT2D eigenvalue weighted by Gasteiger charge is 2.24. The topological polar surface area (TPSA) is 83.6 Å². The highest BCUT2D eigenvalue weighted by atomic mass is 16.7. The molecule has 0 saturated heterocycles. The van der Waals surface area contributed by atoms with Gasteiger partial charge in [0, 0.05) is 17.9 Å². The van der Waals surface area contributed by atoms with E-state index in [2.05, 4.69) is 0 Å². The molecule has 19 heavy (non-hydrogen) atoms. The zero-order valence-electron chi connectivity index (χ0n) is 10.0. The van der Waals surface area contributed by atoms with Gasteiger partial charge in [-0.1, -0.05) is 18.2 Å². The number of ether oxygens (including phenoxy) is 1. The van der Waals surface area contributed by atoms with E-state index < -0.39 is 18.0 Å². The van der Waals surface area contributed by atoms with E-state index in [4.69, 9.17) is 15.3 Å². The van der Waals surface area contributed by atoms with Crippen LogP contribution in [0.15, 0.2) is 30.3 Å². The molecule has 1 aromatic heterocycles. The molecule has 0 spiro atoms. The summed E-state index contributed by atoms with van der Waals surface area (Å²) in [5, 5.41) is 0.812. The molecule has 0 saturated carbocycles. The second-order valence-corrected chi connectivity index (χ2v) is 4.37. The molecule has 2 N–H and O–H groups in total. The van der Waals surface area contributed by atoms with Gasteiger partial charge in [-0.3, -0.25) is 4.79 Å². The molecule has 0 amide bonds. The molecule has 0 radical (unpaired) electrons. The van der Waals surface area contributed by atoms with Crippen molar-refractivity contribution in [3.63, 3.8) is 0 Å². The summed E-state index contributed by atoms with van der Waals surface area (Å²) in [7, 11) is 0. The molecule has 2 heterocycles. The number of esters is 1. The summed E-state index contributed by atoms with van der Waals surface area (Å²) in [4.78, 5) is 28.6. The minimum Gasteiger partial charge on any atom is -0.406 e. The van der Waals surface area contributed by atoms with Crippen molar-refractivity contribution in [2.45, 2.75) is 18.9 Å². The van der Waals surface area contributed by atoms with Crippen molar-refractivity contribution in [2.75, 3.05) is 0 Å². The van der Waals surface area contributed by atoms with Crippen LogP contribution in [0.4, 0.5) is 0 Å². The van der Waals surface area contributed by atoms with Crippen molar-refractivity contribution in [2.24, 2.45) is 5.73 Å². The van der Waals surface area contributed by atoms with Crippen molar-refractivity contribution in [1.82, 2.24) is 4.73 Å². The predicted molar refractivity (Wildman–Crippen MR) is 66.4 cm³/mol. The predicted octanol–water partition coefficient (Wildman–Crippen LogP) is 0.623. The molecule has 0 unspecified atom stereocenters. The van der Waals surface area contributed by atoms with E-state index in [1.807, 2.05) is 12.1 Å². The first kappa shape index (κ1) is 11.7. The van der Waals surface area contributed by atoms with Crippen LogP contribution in [-0.2, 0) is 9.59 Å². The Morgan fingerprint density at radius 2 is 2.05 bits per heavy atom. The highest BCUT2D eigenvalue weighted by molar-refractivity contribution is 5.86. The van der Waals surface area contributed by atoms with E-state index >= 15 is 0 Å². The van der Waals surface area contributed by atoms with Crippen LogP contribution in [0.1, 0.15) is 12.8 Å². The van der Waals surface area contributed by atoms with Gasteiger partial charge in [0.2, 0.25) is 5.88 Å². The first-order valence-corrected chi connectivity index (χ1v) is 5.94. The average Bonchev–Trinajstić information content (AvgIpc) is 2.74. The number of nitrogens with zero attached hydrogens (tertiary/aromatic N) is 1. The van der Waals surface area contributed by atoms with Crippen LogP contribution in [-0.4, -0.2) is 22.7 Å². The van der Waals surface area contributed by atoms with Crippen molar-refractivity contribution in [1.29, 1.82) is 0 Å². The third kappa shape index (κ3) is 2.06. The van der Waals surface area contributed by atoms with Crippen LogP contribution in [0.25, 0.3) is 10.9 Å². The maximum Gasteiger partial charge on any atom is 0.349 e. The van der Waals surface area contributed by atoms with Crippen LogP contribution in [0.5, 0.6) is 5.88 Å². The summed E-state index contributed by atoms with van der Waals surface area (Å²) in [6.07, 6.45) is 0.290. The van der Waals surface area contributed by atoms with Gasteiger partial charge in [0.05, 0.1) is 5.52 Å². The van der Waals surface area contributed by atoms with Gasteiger partial charge < -0.3 is 15.3 Å². The van der Waals surface area contributed by atoms with Gasteiger partial charge in [0.25, 0.3) is 0 Å². The van der Waals surface area contributed by atoms with E-state index in [1.165, 1.54) is 4.73 Å². The fourth-order valence-corrected chi connectivity index (χ4v) is 1.99. The second kappa shape index (κ2) is 4.40. The molecular weight excluding hydrogens is 248 g/mol. The number of benzene rings is 1. The molecule has 6 heteroatoms. The van der Waals surface area contributed by atoms with Crippen LogP contribution < -0.4 is 15.3 Å². The van der Waals surface area contributed by atoms with Crippen molar-refractivity contribution < 1.29 is 19.2 Å². The highest BCUT2D eigenvalue weighted by Crippen LogP contribution is 2.25. The third-order valence-electron chi connectivity index (χ3n) is 3.00. The zero-order valence-corrected chi connectivity index (χ0v) is 10.0. The van der Waals surface area contributed by atoms with E-state index in [1.54, 1.807) is 18.2 Å². The van der Waals surface area contributed by atoms with Gasteiger partial charge in [0.15, 0.2) is 0 Å². The summed E-state index contributed by atoms with van der Waals surface area (Å²) in [6.45, 7) is 0. The minimum absolute atomic E-state index is 0.0811. The first-order chi connectivity index (χ1) is 9.15. The Balaban J connectivity index is 2.14. The fraction of sp³-hybridized carbons (Fsp3) is 0.231. The normalized spacial score (nSPS) is 19.9. The Labute approximate surface area is 108 Å². The monoisotopic (exact) mass is 260 g/mol. The van der Waals surface area contributed by atoms with Gasteiger partial charge in [-0.05, 0) is 12.5 Å². The number of nitrogens with two attached hydrogens (primary N) is 1. The van der Waals surface area contributed by atoms with Gasteiger partial charge in [-0.25, -0.2) is 4.79 Å². The number of fused-ring (bicyclic) bond motifs is 3. The lowest BCUT2D eigenvalue weighted by Gasteiger charge is -2.10. The molecule has 98 valence electrons. The number of hydrogen-bond donors (Lipinski definition) is 1. The Hall–Kier alpha value is -2.34. The molecule has 0 aliphatic carbocycles. The molecule has 1 aromatic carbocycles. The number of carbonyl (C=O) groups is 2. The Morgan fingerprint density at radius 1 is 1.26 bits per heavy atom. The lowest BCUT2D eigenvalue weighted by atomic mass is 10.2. The average molecular weight is 260 g/mol. The number of carbonyl (C=O) groups excluding carboxylic acids is 2. The lowest BCUT2D eigenvalue weighted by molar-refractivity contribution is -0.146. The van der Waals surface area contributed by atoms with E-state index in [0.29, 0.717) is 5.52 Å². The third-order valence-corrected chi connectivity index (χ3v) is 3.00. The number of hydrogen-bond acceptors (Lipinski definition) is 5. The van der Waals surface area contributed by atoms with Crippen LogP contribution in [0.3, 0.4) is 0 Å². The number of para-hydroxylation sites is 1. The van der Waals surface area contributed by atoms with Gasteiger partial charge in [-0.15, -0.1) is 4.73 Å². The maximum absolute atomic E-state index is 11.8. The molecule has 3 rings (SSSR count). The zero-order chi connectivity index (χ0) is 13.4. The first-order valence-electron chi connectivity index (χ1n) is 5.94. The number of rotatable bonds is 0. The summed E-state index contributed by atoms with van der Waals surface area (Å²) in [6, 6.07) is 8.07. The molecule has 1 aliphatic rings. The smallest absolute Gasteiger partial charge is 0.349 e. The molecule has 2 aromatic rings. The minimum atomic E-state index is -0.834. The second-order valence-electron chi connectivity index (χ2n) is 4.37. The molecule has 1 aliphatic heterocycles. The van der Waals surface area contributed by atoms with Crippen molar-refractivity contribution >= 4 is 22.8 Å². The molecule has 0 fully saturated rings. The molecule has 6 nitrogen and oxygen atoms in total. The fourth-order valence-electron chi connectivity index (χ4n) is 1.99. The summed E-state index contributed by atoms with van der Waals surface area (Å²) < 4.78 is 6.40. The van der Waals surface area contributed by atoms with E-state index in [9.17, 15) is 9.59 Å². The quantitative estimate of drug-likeness (QED) is 0.702. The standard InChI is InChI=1S/C13H12N2O4/c14-9-5-6-12(16)18-11-7-8-3-1-2-4-10(8)15(11)19-13(9)17/h1-4,7,9H,5-6,14H2/t9-/m1/s1. The molecular formula is C13H12N2O4. The summed E-state index contributed by atoms with van der Waals surface area (Å²) in [5.41, 5.74) is 6.30. The molecule has 0 bridgehead atoms. The lowest BCUT2D eigenvalue weighted by Crippen LogP contribution is -2.37. The Bertz CT molecular complexity index is 662. The largest absolute Gasteiger partial charge is 0.406 e. The van der Waals surface area contributed by atoms with Crippen LogP contribution >= 0.6 is 0 Å². The van der Waals surface area contributed by atoms with E-state index in [-0.39, 0.29) is 18.7 Å². The van der Waals surface area contributed by atoms with Gasteiger partial charge in [0.1, 0.15) is 6.04 Å². The number of aromatic nitrogens is 1. The Morgan fingerprint density at radius 3 is 2.89 bits per heavy atom. The Kier molecular flexibility index (Phi) is 2.72. The summed E-state index contributed by atoms with van der Waals surface area (Å²) >= 11 is 0. The summed E-state index contributed by atoms with van der Waals surface area (Å²) in [5.74, 6) is -0.827. The van der Waals surface area contributed by atoms with Crippen LogP contribution in [0, 0.1) is 0 Å². The molecule has 1 atom stereocenters. The maximum atomic E-state index is 11.8. The van der Waals surface area contributed by atoms with Crippen molar-refractivity contribution in [3.05, 3.63) is 30.3 Å². The van der Waals surface area contributed by atoms with Gasteiger partial charge in [-0.2, -0.15) is 0 Å². The SMILES string of the molecule is N[C@@H]1CCC(=O)Oc2cc3ccccc3n2OC1=O. The van der Waals surface area contributed by atoms with Crippen molar-refractivity contribution in [3.8, 4) is 5.88 Å².